The minimum atomic E-state index is -0.768. The van der Waals surface area contributed by atoms with Crippen LogP contribution in [0.5, 0.6) is 5.75 Å². The van der Waals surface area contributed by atoms with Gasteiger partial charge in [-0.05, 0) is 43.4 Å². The fourth-order valence-electron chi connectivity index (χ4n) is 4.94. The van der Waals surface area contributed by atoms with Crippen molar-refractivity contribution in [3.05, 3.63) is 29.8 Å². The molecule has 1 spiro atoms. The van der Waals surface area contributed by atoms with Crippen LogP contribution in [0, 0.1) is 5.92 Å². The molecule has 2 bridgehead atoms. The van der Waals surface area contributed by atoms with Crippen LogP contribution in [0.25, 0.3) is 0 Å². The molecule has 3 aliphatic rings. The molecule has 2 saturated heterocycles. The maximum atomic E-state index is 12.5. The second-order valence-corrected chi connectivity index (χ2v) is 7.38. The van der Waals surface area contributed by atoms with Gasteiger partial charge in [-0.25, -0.2) is 0 Å². The second kappa shape index (κ2) is 5.59. The molecule has 2 heterocycles. The second-order valence-electron chi connectivity index (χ2n) is 7.38. The lowest BCUT2D eigenvalue weighted by atomic mass is 9.66. The van der Waals surface area contributed by atoms with Crippen LogP contribution in [0.2, 0.25) is 0 Å². The van der Waals surface area contributed by atoms with Crippen LogP contribution in [0.15, 0.2) is 24.3 Å². The standard InChI is InChI=1S/C19H23NO4/c1-24-13-4-2-12(3-5-13)10-15-18(23)14-11-19(8-6-16(14)21)9-7-17(22)20(15)19/h2-5,14-15,18,23H,6-11H2,1H3/t14-,15-,18+,19+/m0/s1. The van der Waals surface area contributed by atoms with Gasteiger partial charge in [0, 0.05) is 24.3 Å². The molecule has 1 amide bonds. The first-order chi connectivity index (χ1) is 11.5. The Morgan fingerprint density at radius 2 is 1.92 bits per heavy atom. The Balaban J connectivity index is 1.66. The van der Waals surface area contributed by atoms with E-state index in [0.29, 0.717) is 25.7 Å². The Labute approximate surface area is 141 Å². The molecule has 5 nitrogen and oxygen atoms in total. The Morgan fingerprint density at radius 1 is 1.21 bits per heavy atom. The molecule has 4 atom stereocenters. The third-order valence-electron chi connectivity index (χ3n) is 6.18. The largest absolute Gasteiger partial charge is 0.497 e. The van der Waals surface area contributed by atoms with Crippen molar-refractivity contribution in [1.82, 2.24) is 4.90 Å². The molecular formula is C19H23NO4. The van der Waals surface area contributed by atoms with Gasteiger partial charge in [-0.3, -0.25) is 9.59 Å². The van der Waals surface area contributed by atoms with Crippen molar-refractivity contribution in [1.29, 1.82) is 0 Å². The topological polar surface area (TPSA) is 66.8 Å². The summed E-state index contributed by atoms with van der Waals surface area (Å²) in [4.78, 5) is 26.8. The van der Waals surface area contributed by atoms with Gasteiger partial charge >= 0.3 is 0 Å². The smallest absolute Gasteiger partial charge is 0.223 e. The number of rotatable bonds is 3. The fourth-order valence-corrected chi connectivity index (χ4v) is 4.94. The van der Waals surface area contributed by atoms with E-state index < -0.39 is 6.10 Å². The molecule has 2 aliphatic heterocycles. The average molecular weight is 329 g/mol. The summed E-state index contributed by atoms with van der Waals surface area (Å²) in [7, 11) is 1.62. The predicted octanol–water partition coefficient (Wildman–Crippen LogP) is 1.71. The van der Waals surface area contributed by atoms with Gasteiger partial charge in [0.15, 0.2) is 0 Å². The van der Waals surface area contributed by atoms with E-state index >= 15 is 0 Å². The number of benzene rings is 1. The number of ether oxygens (including phenoxy) is 1. The molecule has 128 valence electrons. The highest BCUT2D eigenvalue weighted by molar-refractivity contribution is 5.86. The van der Waals surface area contributed by atoms with Crippen molar-refractivity contribution >= 4 is 11.7 Å². The van der Waals surface area contributed by atoms with Crippen molar-refractivity contribution in [3.8, 4) is 5.75 Å². The predicted molar refractivity (Wildman–Crippen MR) is 87.7 cm³/mol. The summed E-state index contributed by atoms with van der Waals surface area (Å²) in [5, 5.41) is 10.8. The van der Waals surface area contributed by atoms with Gasteiger partial charge in [0.25, 0.3) is 0 Å². The van der Waals surface area contributed by atoms with E-state index in [1.54, 1.807) is 7.11 Å². The third kappa shape index (κ3) is 2.25. The lowest BCUT2D eigenvalue weighted by Gasteiger charge is -2.54. The minimum Gasteiger partial charge on any atom is -0.497 e. The first-order valence-electron chi connectivity index (χ1n) is 8.70. The number of Topliss-reactive ketones (excluding diaryl/α,β-unsaturated/α-hetero) is 1. The molecular weight excluding hydrogens is 306 g/mol. The number of ketones is 1. The average Bonchev–Trinajstić information content (AvgIpc) is 2.92. The summed E-state index contributed by atoms with van der Waals surface area (Å²) in [5.74, 6) is 0.750. The van der Waals surface area contributed by atoms with E-state index in [0.717, 1.165) is 24.2 Å². The molecule has 4 rings (SSSR count). The van der Waals surface area contributed by atoms with Crippen LogP contribution in [0.1, 0.15) is 37.7 Å². The van der Waals surface area contributed by atoms with E-state index in [1.807, 2.05) is 29.2 Å². The number of hydrogen-bond donors (Lipinski definition) is 1. The van der Waals surface area contributed by atoms with Crippen LogP contribution in [0.4, 0.5) is 0 Å². The summed E-state index contributed by atoms with van der Waals surface area (Å²) in [6.07, 6.45) is 3.03. The van der Waals surface area contributed by atoms with Crippen molar-refractivity contribution < 1.29 is 19.4 Å². The van der Waals surface area contributed by atoms with Crippen molar-refractivity contribution in [2.45, 2.75) is 56.2 Å². The van der Waals surface area contributed by atoms with Crippen LogP contribution in [-0.2, 0) is 16.0 Å². The Kier molecular flexibility index (Phi) is 3.64. The number of aliphatic hydroxyl groups is 1. The van der Waals surface area contributed by atoms with Crippen molar-refractivity contribution in [3.63, 3.8) is 0 Å². The quantitative estimate of drug-likeness (QED) is 0.917. The zero-order valence-electron chi connectivity index (χ0n) is 13.9. The first-order valence-corrected chi connectivity index (χ1v) is 8.70. The molecule has 3 fully saturated rings. The molecule has 1 aromatic rings. The Bertz CT molecular complexity index is 670. The molecule has 0 aromatic heterocycles. The van der Waals surface area contributed by atoms with Gasteiger partial charge in [0.1, 0.15) is 11.5 Å². The lowest BCUT2D eigenvalue weighted by molar-refractivity contribution is -0.162. The molecule has 5 heteroatoms. The molecule has 0 unspecified atom stereocenters. The van der Waals surface area contributed by atoms with Crippen LogP contribution in [0.3, 0.4) is 0 Å². The van der Waals surface area contributed by atoms with Gasteiger partial charge < -0.3 is 14.7 Å². The molecule has 24 heavy (non-hydrogen) atoms. The zero-order valence-corrected chi connectivity index (χ0v) is 13.9. The highest BCUT2D eigenvalue weighted by Gasteiger charge is 2.59. The van der Waals surface area contributed by atoms with Crippen LogP contribution >= 0.6 is 0 Å². The van der Waals surface area contributed by atoms with Crippen LogP contribution < -0.4 is 4.74 Å². The Hall–Kier alpha value is -1.88. The Morgan fingerprint density at radius 3 is 2.62 bits per heavy atom. The molecule has 0 radical (unpaired) electrons. The highest BCUT2D eigenvalue weighted by Crippen LogP contribution is 2.50. The number of nitrogens with zero attached hydrogens (tertiary/aromatic N) is 1. The van der Waals surface area contributed by atoms with E-state index in [9.17, 15) is 14.7 Å². The summed E-state index contributed by atoms with van der Waals surface area (Å²) in [6, 6.07) is 7.39. The number of methoxy groups -OCH3 is 1. The molecule has 1 saturated carbocycles. The highest BCUT2D eigenvalue weighted by atomic mass is 16.5. The van der Waals surface area contributed by atoms with Gasteiger partial charge in [-0.2, -0.15) is 0 Å². The summed E-state index contributed by atoms with van der Waals surface area (Å²) < 4.78 is 5.18. The summed E-state index contributed by atoms with van der Waals surface area (Å²) >= 11 is 0. The number of amides is 1. The first kappa shape index (κ1) is 15.6. The van der Waals surface area contributed by atoms with Gasteiger partial charge in [-0.1, -0.05) is 12.1 Å². The van der Waals surface area contributed by atoms with E-state index in [2.05, 4.69) is 0 Å². The summed E-state index contributed by atoms with van der Waals surface area (Å²) in [6.45, 7) is 0. The molecule has 1 N–H and O–H groups in total. The zero-order chi connectivity index (χ0) is 16.9. The van der Waals surface area contributed by atoms with Gasteiger partial charge in [0.05, 0.1) is 19.3 Å². The number of piperidine rings is 1. The maximum Gasteiger partial charge on any atom is 0.223 e. The monoisotopic (exact) mass is 329 g/mol. The van der Waals surface area contributed by atoms with Crippen molar-refractivity contribution in [2.75, 3.05) is 7.11 Å². The molecule has 1 aliphatic carbocycles. The van der Waals surface area contributed by atoms with Gasteiger partial charge in [-0.15, -0.1) is 0 Å². The lowest BCUT2D eigenvalue weighted by Crippen LogP contribution is -2.66. The minimum absolute atomic E-state index is 0.125. The number of aliphatic hydroxyl groups excluding tert-OH is 1. The maximum absolute atomic E-state index is 12.5. The summed E-state index contributed by atoms with van der Waals surface area (Å²) in [5.41, 5.74) is 0.841. The van der Waals surface area contributed by atoms with Gasteiger partial charge in [0.2, 0.25) is 5.91 Å². The molecule has 1 aromatic carbocycles. The number of fused-ring (bicyclic) bond motifs is 1. The fraction of sp³-hybridized carbons (Fsp3) is 0.579. The third-order valence-corrected chi connectivity index (χ3v) is 6.18. The van der Waals surface area contributed by atoms with Crippen LogP contribution in [-0.4, -0.2) is 46.5 Å². The van der Waals surface area contributed by atoms with Crippen molar-refractivity contribution in [2.24, 2.45) is 5.92 Å². The normalized spacial score (nSPS) is 35.1. The number of carbonyl (C=O) groups excluding carboxylic acids is 2. The SMILES string of the molecule is COc1ccc(C[C@H]2[C@H](O)[C@H]3C[C@@]4(CCC3=O)CCC(=O)N24)cc1. The van der Waals surface area contributed by atoms with E-state index in [4.69, 9.17) is 4.74 Å². The van der Waals surface area contributed by atoms with E-state index in [-0.39, 0.29) is 29.2 Å². The number of carbonyl (C=O) groups is 2. The van der Waals surface area contributed by atoms with E-state index in [1.165, 1.54) is 0 Å². The number of hydrogen-bond acceptors (Lipinski definition) is 4.